The van der Waals surface area contributed by atoms with Crippen LogP contribution < -0.4 is 15.5 Å². The van der Waals surface area contributed by atoms with Crippen molar-refractivity contribution in [1.29, 1.82) is 0 Å². The van der Waals surface area contributed by atoms with E-state index < -0.39 is 0 Å². The number of quaternary nitrogens is 1. The highest BCUT2D eigenvalue weighted by atomic mass is 19.1. The SMILES string of the molecule is CCc1cccc(NC(=O)C[NH+](C)CC(=O)Nc2ccc(F)cc2)c1. The van der Waals surface area contributed by atoms with Crippen LogP contribution in [0.15, 0.2) is 48.5 Å². The number of amides is 2. The molecule has 1 atom stereocenters. The van der Waals surface area contributed by atoms with Crippen molar-refractivity contribution in [3.8, 4) is 0 Å². The fourth-order valence-corrected chi connectivity index (χ4v) is 2.42. The molecule has 0 bridgehead atoms. The average molecular weight is 344 g/mol. The van der Waals surface area contributed by atoms with Gasteiger partial charge in [0.25, 0.3) is 11.8 Å². The minimum absolute atomic E-state index is 0.139. The van der Waals surface area contributed by atoms with Crippen LogP contribution in [0.2, 0.25) is 0 Å². The standard InChI is InChI=1S/C19H22FN3O2/c1-3-14-5-4-6-17(11-14)22-19(25)13-23(2)12-18(24)21-16-9-7-15(20)8-10-16/h4-11H,3,12-13H2,1-2H3,(H,21,24)(H,22,25)/p+1. The van der Waals surface area contributed by atoms with Crippen LogP contribution in [0.5, 0.6) is 0 Å². The molecule has 0 aliphatic heterocycles. The topological polar surface area (TPSA) is 62.6 Å². The van der Waals surface area contributed by atoms with Gasteiger partial charge in [-0.1, -0.05) is 19.1 Å². The van der Waals surface area contributed by atoms with E-state index in [0.717, 1.165) is 22.6 Å². The molecular formula is C19H23FN3O2+. The maximum absolute atomic E-state index is 12.8. The molecule has 0 saturated heterocycles. The third kappa shape index (κ3) is 6.35. The molecule has 25 heavy (non-hydrogen) atoms. The van der Waals surface area contributed by atoms with Gasteiger partial charge in [0, 0.05) is 11.4 Å². The largest absolute Gasteiger partial charge is 0.322 e. The molecule has 0 fully saturated rings. The number of likely N-dealkylation sites (N-methyl/N-ethyl adjacent to an activating group) is 1. The van der Waals surface area contributed by atoms with E-state index >= 15 is 0 Å². The number of aryl methyl sites for hydroxylation is 1. The van der Waals surface area contributed by atoms with E-state index in [1.165, 1.54) is 24.3 Å². The van der Waals surface area contributed by atoms with Crippen LogP contribution >= 0.6 is 0 Å². The summed E-state index contributed by atoms with van der Waals surface area (Å²) >= 11 is 0. The summed E-state index contributed by atoms with van der Waals surface area (Å²) in [6, 6.07) is 13.2. The molecule has 3 N–H and O–H groups in total. The van der Waals surface area contributed by atoms with Gasteiger partial charge in [0.1, 0.15) is 5.82 Å². The monoisotopic (exact) mass is 344 g/mol. The van der Waals surface area contributed by atoms with Gasteiger partial charge >= 0.3 is 0 Å². The Balaban J connectivity index is 1.80. The normalized spacial score (nSPS) is 11.6. The van der Waals surface area contributed by atoms with Crippen LogP contribution in [0.3, 0.4) is 0 Å². The fraction of sp³-hybridized carbons (Fsp3) is 0.263. The molecule has 5 nitrogen and oxygen atoms in total. The van der Waals surface area contributed by atoms with Crippen LogP contribution in [-0.2, 0) is 16.0 Å². The van der Waals surface area contributed by atoms with Gasteiger partial charge in [-0.2, -0.15) is 0 Å². The number of halogens is 1. The Morgan fingerprint density at radius 1 is 0.960 bits per heavy atom. The predicted octanol–water partition coefficient (Wildman–Crippen LogP) is 1.48. The Kier molecular flexibility index (Phi) is 6.65. The minimum atomic E-state index is -0.357. The van der Waals surface area contributed by atoms with E-state index in [1.807, 2.05) is 24.3 Å². The van der Waals surface area contributed by atoms with E-state index in [1.54, 1.807) is 7.05 Å². The van der Waals surface area contributed by atoms with E-state index in [4.69, 9.17) is 0 Å². The first kappa shape index (κ1) is 18.6. The quantitative estimate of drug-likeness (QED) is 0.712. The summed E-state index contributed by atoms with van der Waals surface area (Å²) < 4.78 is 12.8. The second-order valence-electron chi connectivity index (χ2n) is 5.97. The lowest BCUT2D eigenvalue weighted by Crippen LogP contribution is -3.11. The summed E-state index contributed by atoms with van der Waals surface area (Å²) in [5.41, 5.74) is 2.44. The summed E-state index contributed by atoms with van der Waals surface area (Å²) in [5, 5.41) is 5.52. The minimum Gasteiger partial charge on any atom is -0.322 e. The van der Waals surface area contributed by atoms with Gasteiger partial charge in [0.05, 0.1) is 7.05 Å². The number of carbonyl (C=O) groups excluding carboxylic acids is 2. The first-order valence-corrected chi connectivity index (χ1v) is 8.21. The van der Waals surface area contributed by atoms with Gasteiger partial charge in [-0.25, -0.2) is 4.39 Å². The summed E-state index contributed by atoms with van der Waals surface area (Å²) in [6.45, 7) is 2.37. The molecule has 0 heterocycles. The van der Waals surface area contributed by atoms with E-state index in [0.29, 0.717) is 5.69 Å². The van der Waals surface area contributed by atoms with E-state index in [-0.39, 0.29) is 30.7 Å². The molecule has 2 rings (SSSR count). The molecule has 0 aromatic heterocycles. The number of nitrogens with one attached hydrogen (secondary N) is 3. The van der Waals surface area contributed by atoms with Crippen molar-refractivity contribution in [2.75, 3.05) is 30.8 Å². The maximum atomic E-state index is 12.8. The molecule has 0 aliphatic carbocycles. The zero-order valence-electron chi connectivity index (χ0n) is 14.4. The Hall–Kier alpha value is -2.73. The van der Waals surface area contributed by atoms with Crippen LogP contribution in [-0.4, -0.2) is 32.0 Å². The summed E-state index contributed by atoms with van der Waals surface area (Å²) in [5.74, 6) is -0.741. The molecule has 2 amide bonds. The third-order valence-corrected chi connectivity index (χ3v) is 3.67. The van der Waals surface area contributed by atoms with Crippen molar-refractivity contribution in [2.24, 2.45) is 0 Å². The van der Waals surface area contributed by atoms with Crippen LogP contribution in [0.1, 0.15) is 12.5 Å². The van der Waals surface area contributed by atoms with E-state index in [9.17, 15) is 14.0 Å². The number of rotatable bonds is 7. The van der Waals surface area contributed by atoms with Crippen LogP contribution in [0, 0.1) is 5.82 Å². The predicted molar refractivity (Wildman–Crippen MR) is 96.1 cm³/mol. The molecule has 0 saturated carbocycles. The van der Waals surface area contributed by atoms with Gasteiger partial charge in [-0.05, 0) is 48.4 Å². The van der Waals surface area contributed by atoms with Crippen molar-refractivity contribution in [3.05, 3.63) is 59.9 Å². The van der Waals surface area contributed by atoms with Gasteiger partial charge < -0.3 is 15.5 Å². The number of anilines is 2. The first-order chi connectivity index (χ1) is 12.0. The van der Waals surface area contributed by atoms with Crippen molar-refractivity contribution < 1.29 is 18.9 Å². The molecular weight excluding hydrogens is 321 g/mol. The number of carbonyl (C=O) groups is 2. The van der Waals surface area contributed by atoms with Gasteiger partial charge in [0.15, 0.2) is 13.1 Å². The second kappa shape index (κ2) is 8.94. The first-order valence-electron chi connectivity index (χ1n) is 8.21. The smallest absolute Gasteiger partial charge is 0.279 e. The Labute approximate surface area is 146 Å². The molecule has 0 radical (unpaired) electrons. The molecule has 2 aromatic rings. The third-order valence-electron chi connectivity index (χ3n) is 3.67. The lowest BCUT2D eigenvalue weighted by atomic mass is 10.1. The zero-order chi connectivity index (χ0) is 18.2. The van der Waals surface area contributed by atoms with Gasteiger partial charge in [-0.15, -0.1) is 0 Å². The molecule has 0 aliphatic rings. The van der Waals surface area contributed by atoms with Crippen molar-refractivity contribution in [1.82, 2.24) is 0 Å². The summed E-state index contributed by atoms with van der Waals surface area (Å²) in [6.07, 6.45) is 0.901. The summed E-state index contributed by atoms with van der Waals surface area (Å²) in [4.78, 5) is 24.8. The van der Waals surface area contributed by atoms with Crippen LogP contribution in [0.25, 0.3) is 0 Å². The number of benzene rings is 2. The Morgan fingerprint density at radius 3 is 2.16 bits per heavy atom. The van der Waals surface area contributed by atoms with Crippen molar-refractivity contribution in [3.63, 3.8) is 0 Å². The van der Waals surface area contributed by atoms with Crippen LogP contribution in [0.4, 0.5) is 15.8 Å². The Morgan fingerprint density at radius 2 is 1.56 bits per heavy atom. The zero-order valence-corrected chi connectivity index (χ0v) is 14.4. The lowest BCUT2D eigenvalue weighted by Gasteiger charge is -2.14. The highest BCUT2D eigenvalue weighted by molar-refractivity contribution is 5.93. The van der Waals surface area contributed by atoms with Crippen molar-refractivity contribution >= 4 is 23.2 Å². The summed E-state index contributed by atoms with van der Waals surface area (Å²) in [7, 11) is 1.77. The molecule has 132 valence electrons. The lowest BCUT2D eigenvalue weighted by molar-refractivity contribution is -0.862. The van der Waals surface area contributed by atoms with Gasteiger partial charge in [-0.3, -0.25) is 9.59 Å². The molecule has 6 heteroatoms. The average Bonchev–Trinajstić information content (AvgIpc) is 2.56. The maximum Gasteiger partial charge on any atom is 0.279 e. The van der Waals surface area contributed by atoms with Crippen molar-refractivity contribution in [2.45, 2.75) is 13.3 Å². The molecule has 0 spiro atoms. The fourth-order valence-electron chi connectivity index (χ4n) is 2.42. The molecule has 2 aromatic carbocycles. The highest BCUT2D eigenvalue weighted by Crippen LogP contribution is 2.10. The Bertz CT molecular complexity index is 732. The highest BCUT2D eigenvalue weighted by Gasteiger charge is 2.14. The number of hydrogen-bond donors (Lipinski definition) is 3. The number of hydrogen-bond acceptors (Lipinski definition) is 2. The molecule has 1 unspecified atom stereocenters. The van der Waals surface area contributed by atoms with Gasteiger partial charge in [0.2, 0.25) is 0 Å². The second-order valence-corrected chi connectivity index (χ2v) is 5.97. The van der Waals surface area contributed by atoms with E-state index in [2.05, 4.69) is 17.6 Å².